The number of aromatic nitrogens is 2. The predicted molar refractivity (Wildman–Crippen MR) is 43.2 cm³/mol. The predicted octanol–water partition coefficient (Wildman–Crippen LogP) is -0.309. The second kappa shape index (κ2) is 2.32. The molecule has 1 aromatic rings. The van der Waals surface area contributed by atoms with E-state index in [1.807, 2.05) is 7.05 Å². The molecule has 0 fully saturated rings. The summed E-state index contributed by atoms with van der Waals surface area (Å²) in [4.78, 5) is 0. The van der Waals surface area contributed by atoms with Crippen molar-refractivity contribution in [3.8, 4) is 0 Å². The highest BCUT2D eigenvalue weighted by Crippen LogP contribution is 2.18. The van der Waals surface area contributed by atoms with Crippen molar-refractivity contribution < 1.29 is 8.42 Å². The van der Waals surface area contributed by atoms with Crippen LogP contribution < -0.4 is 0 Å². The molecule has 0 amide bonds. The van der Waals surface area contributed by atoms with Gasteiger partial charge < -0.3 is 0 Å². The van der Waals surface area contributed by atoms with E-state index in [1.54, 1.807) is 4.68 Å². The zero-order valence-corrected chi connectivity index (χ0v) is 7.56. The van der Waals surface area contributed by atoms with Crippen LogP contribution in [0, 0.1) is 6.20 Å². The largest absolute Gasteiger partial charge is 0.272 e. The number of fused-ring (bicyclic) bond motifs is 1. The number of aryl methyl sites for hydroxylation is 1. The Hall–Kier alpha value is -0.840. The van der Waals surface area contributed by atoms with Gasteiger partial charge in [0.25, 0.3) is 0 Å². The maximum Gasteiger partial charge on any atom is 0.154 e. The van der Waals surface area contributed by atoms with Crippen molar-refractivity contribution in [1.29, 1.82) is 0 Å². The van der Waals surface area contributed by atoms with E-state index >= 15 is 0 Å². The van der Waals surface area contributed by atoms with E-state index in [-0.39, 0.29) is 11.5 Å². The van der Waals surface area contributed by atoms with Crippen LogP contribution in [0.3, 0.4) is 0 Å². The lowest BCUT2D eigenvalue weighted by Crippen LogP contribution is -2.19. The third-order valence-electron chi connectivity index (χ3n) is 2.09. The maximum absolute atomic E-state index is 11.2. The monoisotopic (exact) mass is 185 g/mol. The average Bonchev–Trinajstić information content (AvgIpc) is 2.30. The van der Waals surface area contributed by atoms with Crippen LogP contribution >= 0.6 is 0 Å². The van der Waals surface area contributed by atoms with Crippen LogP contribution in [-0.4, -0.2) is 24.0 Å². The third kappa shape index (κ3) is 1.14. The SMILES string of the molecule is Cn1n[c]c2c1CCS(=O)(=O)C2. The Kier molecular flexibility index (Phi) is 1.51. The lowest BCUT2D eigenvalue weighted by Gasteiger charge is -2.11. The van der Waals surface area contributed by atoms with Gasteiger partial charge >= 0.3 is 0 Å². The molecule has 0 aliphatic carbocycles. The highest BCUT2D eigenvalue weighted by molar-refractivity contribution is 7.90. The van der Waals surface area contributed by atoms with Gasteiger partial charge in [-0.1, -0.05) is 0 Å². The smallest absolute Gasteiger partial charge is 0.154 e. The van der Waals surface area contributed by atoms with E-state index < -0.39 is 9.84 Å². The minimum absolute atomic E-state index is 0.107. The van der Waals surface area contributed by atoms with Crippen LogP contribution in [0.15, 0.2) is 0 Å². The van der Waals surface area contributed by atoms with Crippen molar-refractivity contribution in [2.75, 3.05) is 5.75 Å². The standard InChI is InChI=1S/C7H9N2O2S/c1-9-7-2-3-12(10,11)5-6(7)4-8-9/h2-3,5H2,1H3. The first kappa shape index (κ1) is 7.79. The number of hydrogen-bond donors (Lipinski definition) is 0. The van der Waals surface area contributed by atoms with Gasteiger partial charge in [-0.3, -0.25) is 4.68 Å². The Labute approximate surface area is 71.1 Å². The van der Waals surface area contributed by atoms with Crippen molar-refractivity contribution in [3.05, 3.63) is 17.5 Å². The van der Waals surface area contributed by atoms with Crippen LogP contribution in [0.1, 0.15) is 11.3 Å². The Bertz CT molecular complexity index is 405. The summed E-state index contributed by atoms with van der Waals surface area (Å²) in [6.07, 6.45) is 3.29. The Morgan fingerprint density at radius 3 is 3.08 bits per heavy atom. The lowest BCUT2D eigenvalue weighted by molar-refractivity contribution is 0.589. The fourth-order valence-electron chi connectivity index (χ4n) is 1.43. The molecule has 0 spiro atoms. The van der Waals surface area contributed by atoms with Gasteiger partial charge in [0, 0.05) is 24.7 Å². The second-order valence-electron chi connectivity index (χ2n) is 3.00. The molecule has 1 aromatic heterocycles. The van der Waals surface area contributed by atoms with Crippen LogP contribution in [0.2, 0.25) is 0 Å². The highest BCUT2D eigenvalue weighted by Gasteiger charge is 2.23. The van der Waals surface area contributed by atoms with Crippen molar-refractivity contribution in [3.63, 3.8) is 0 Å². The summed E-state index contributed by atoms with van der Waals surface area (Å²) in [7, 11) is -1.05. The van der Waals surface area contributed by atoms with Crippen molar-refractivity contribution in [2.45, 2.75) is 12.2 Å². The highest BCUT2D eigenvalue weighted by atomic mass is 32.2. The Morgan fingerprint density at radius 1 is 1.58 bits per heavy atom. The number of nitrogens with zero attached hydrogens (tertiary/aromatic N) is 2. The lowest BCUT2D eigenvalue weighted by atomic mass is 10.2. The van der Waals surface area contributed by atoms with Crippen LogP contribution in [0.25, 0.3) is 0 Å². The summed E-state index contributed by atoms with van der Waals surface area (Å²) in [5.74, 6) is 0.351. The van der Waals surface area contributed by atoms with Crippen molar-refractivity contribution in [1.82, 2.24) is 9.78 Å². The van der Waals surface area contributed by atoms with E-state index in [9.17, 15) is 8.42 Å². The van der Waals surface area contributed by atoms with E-state index in [2.05, 4.69) is 11.3 Å². The normalized spacial score (nSPS) is 20.4. The Morgan fingerprint density at radius 2 is 2.33 bits per heavy atom. The molecule has 2 rings (SSSR count). The first-order valence-electron chi connectivity index (χ1n) is 3.71. The molecule has 0 N–H and O–H groups in total. The molecule has 0 atom stereocenters. The van der Waals surface area contributed by atoms with Gasteiger partial charge in [-0.25, -0.2) is 8.42 Å². The molecule has 0 bridgehead atoms. The molecule has 2 heterocycles. The molecule has 0 saturated heterocycles. The number of sulfone groups is 1. The maximum atomic E-state index is 11.2. The van der Waals surface area contributed by atoms with Crippen LogP contribution in [-0.2, 0) is 29.1 Å². The molecule has 0 aromatic carbocycles. The molecule has 0 saturated carbocycles. The molecule has 5 heteroatoms. The van der Waals surface area contributed by atoms with Crippen LogP contribution in [0.5, 0.6) is 0 Å². The van der Waals surface area contributed by atoms with Crippen molar-refractivity contribution >= 4 is 9.84 Å². The second-order valence-corrected chi connectivity index (χ2v) is 5.19. The summed E-state index contributed by atoms with van der Waals surface area (Å²) >= 11 is 0. The average molecular weight is 185 g/mol. The summed E-state index contributed by atoms with van der Waals surface area (Å²) in [5.41, 5.74) is 1.74. The molecule has 65 valence electrons. The third-order valence-corrected chi connectivity index (χ3v) is 3.64. The number of hydrogen-bond acceptors (Lipinski definition) is 3. The topological polar surface area (TPSA) is 52.0 Å². The zero-order chi connectivity index (χ0) is 8.77. The molecule has 1 aliphatic rings. The molecular formula is C7H9N2O2S. The van der Waals surface area contributed by atoms with Gasteiger partial charge in [0.05, 0.1) is 11.5 Å². The van der Waals surface area contributed by atoms with Gasteiger partial charge in [-0.2, -0.15) is 5.10 Å². The van der Waals surface area contributed by atoms with E-state index in [0.29, 0.717) is 6.42 Å². The quantitative estimate of drug-likeness (QED) is 0.557. The van der Waals surface area contributed by atoms with E-state index in [4.69, 9.17) is 0 Å². The fourth-order valence-corrected chi connectivity index (χ4v) is 2.75. The molecule has 0 unspecified atom stereocenters. The summed E-state index contributed by atoms with van der Waals surface area (Å²) in [5, 5.41) is 3.89. The zero-order valence-electron chi connectivity index (χ0n) is 6.74. The van der Waals surface area contributed by atoms with Crippen molar-refractivity contribution in [2.24, 2.45) is 7.05 Å². The van der Waals surface area contributed by atoms with Gasteiger partial charge in [-0.15, -0.1) is 0 Å². The first-order valence-corrected chi connectivity index (χ1v) is 5.53. The van der Waals surface area contributed by atoms with Crippen LogP contribution in [0.4, 0.5) is 0 Å². The Balaban J connectivity index is 2.50. The summed E-state index contributed by atoms with van der Waals surface area (Å²) in [6, 6.07) is 0. The summed E-state index contributed by atoms with van der Waals surface area (Å²) in [6.45, 7) is 0. The molecule has 1 aliphatic heterocycles. The summed E-state index contributed by atoms with van der Waals surface area (Å²) < 4.78 is 24.0. The minimum atomic E-state index is -2.87. The molecule has 1 radical (unpaired) electrons. The van der Waals surface area contributed by atoms with Gasteiger partial charge in [0.1, 0.15) is 6.20 Å². The fraction of sp³-hybridized carbons (Fsp3) is 0.571. The molecule has 4 nitrogen and oxygen atoms in total. The van der Waals surface area contributed by atoms with E-state index in [0.717, 1.165) is 11.3 Å². The first-order chi connectivity index (χ1) is 5.58. The number of rotatable bonds is 0. The van der Waals surface area contributed by atoms with E-state index in [1.165, 1.54) is 0 Å². The van der Waals surface area contributed by atoms with Gasteiger partial charge in [0.15, 0.2) is 9.84 Å². The minimum Gasteiger partial charge on any atom is -0.272 e. The molecular weight excluding hydrogens is 176 g/mol. The van der Waals surface area contributed by atoms with Gasteiger partial charge in [-0.05, 0) is 0 Å². The molecule has 12 heavy (non-hydrogen) atoms. The van der Waals surface area contributed by atoms with Gasteiger partial charge in [0.2, 0.25) is 0 Å².